The Labute approximate surface area is 394 Å². The molecule has 1 rings (SSSR count). The fourth-order valence-corrected chi connectivity index (χ4v) is 9.08. The molecule has 0 fully saturated rings. The Morgan fingerprint density at radius 1 is 0.667 bits per heavy atom. The molecule has 0 bridgehead atoms. The predicted molar refractivity (Wildman–Crippen MR) is 241 cm³/mol. The Kier molecular flexibility index (Phi) is 43.2. The number of phosphoric acid groups is 1. The number of esters is 2. The molecule has 0 saturated carbocycles. The third-order valence-corrected chi connectivity index (χ3v) is 13.2. The SMILES string of the molecule is CCCCCCCCCCCCCCCC(=O)OC[C@H](COP(=O)([O-])OCCNC(=O)CCSSc1ccccn1)OC(=O)CCCCCCCCCCCCCCC.[Na+]. The molecule has 0 spiro atoms. The molecule has 342 valence electrons. The quantitative estimate of drug-likeness (QED) is 0.0219. The van der Waals surface area contributed by atoms with Gasteiger partial charge in [-0.15, -0.1) is 0 Å². The topological polar surface area (TPSA) is 153 Å². The van der Waals surface area contributed by atoms with Crippen LogP contribution in [0.1, 0.15) is 200 Å². The van der Waals surface area contributed by atoms with E-state index in [9.17, 15) is 23.8 Å². The van der Waals surface area contributed by atoms with Crippen LogP contribution in [0.5, 0.6) is 0 Å². The molecule has 0 aliphatic carbocycles. The third kappa shape index (κ3) is 40.2. The van der Waals surface area contributed by atoms with E-state index < -0.39 is 32.5 Å². The summed E-state index contributed by atoms with van der Waals surface area (Å²) in [6.07, 6.45) is 32.4. The number of hydrogen-bond donors (Lipinski definition) is 1. The summed E-state index contributed by atoms with van der Waals surface area (Å²) in [6.45, 7) is 3.28. The summed E-state index contributed by atoms with van der Waals surface area (Å²) in [6, 6.07) is 5.62. The standard InChI is InChI=1S/C45H81N2O9PS2.Na/c1-3-5-7-9-11-13-15-17-19-21-23-25-27-32-44(49)53-39-41(56-45(50)33-28-26-24-22-20-18-16-14-12-10-8-6-4-2)40-55-57(51,52)54-37-36-46-42(48)34-38-58-59-43-31-29-30-35-47-43;/h29-31,35,41H,3-28,32-34,36-40H2,1-2H3,(H,46,48)(H,51,52);/q;+1/p-1/t41-;/m1./s1. The Morgan fingerprint density at radius 3 is 1.63 bits per heavy atom. The first-order valence-electron chi connectivity index (χ1n) is 23.2. The van der Waals surface area contributed by atoms with Gasteiger partial charge in [-0.3, -0.25) is 18.9 Å². The number of carbonyl (C=O) groups excluding carboxylic acids is 3. The minimum absolute atomic E-state index is 0. The molecule has 1 aromatic rings. The number of amides is 1. The summed E-state index contributed by atoms with van der Waals surface area (Å²) in [5, 5.41) is 3.48. The number of carbonyl (C=O) groups is 3. The zero-order valence-electron chi connectivity index (χ0n) is 37.8. The predicted octanol–water partition coefficient (Wildman–Crippen LogP) is 9.25. The van der Waals surface area contributed by atoms with Crippen molar-refractivity contribution in [2.24, 2.45) is 0 Å². The largest absolute Gasteiger partial charge is 1.00 e. The number of hydrogen-bond acceptors (Lipinski definition) is 12. The molecule has 1 amide bonds. The maximum Gasteiger partial charge on any atom is 1.00 e. The van der Waals surface area contributed by atoms with E-state index in [0.717, 1.165) is 43.6 Å². The van der Waals surface area contributed by atoms with Gasteiger partial charge in [-0.1, -0.05) is 185 Å². The van der Waals surface area contributed by atoms with E-state index >= 15 is 0 Å². The van der Waals surface area contributed by atoms with Crippen LogP contribution in [0.3, 0.4) is 0 Å². The van der Waals surface area contributed by atoms with Gasteiger partial charge in [-0.2, -0.15) is 0 Å². The van der Waals surface area contributed by atoms with E-state index in [2.05, 4.69) is 24.1 Å². The van der Waals surface area contributed by atoms with Crippen LogP contribution in [0.2, 0.25) is 0 Å². The van der Waals surface area contributed by atoms with Crippen molar-refractivity contribution in [2.75, 3.05) is 32.1 Å². The number of nitrogens with one attached hydrogen (secondary N) is 1. The Morgan fingerprint density at radius 2 is 1.15 bits per heavy atom. The second kappa shape index (κ2) is 43.6. The van der Waals surface area contributed by atoms with Gasteiger partial charge in [0, 0.05) is 37.8 Å². The van der Waals surface area contributed by atoms with E-state index in [1.54, 1.807) is 6.20 Å². The van der Waals surface area contributed by atoms with Gasteiger partial charge in [0.15, 0.2) is 6.10 Å². The molecule has 1 heterocycles. The van der Waals surface area contributed by atoms with Crippen molar-refractivity contribution in [1.29, 1.82) is 0 Å². The fraction of sp³-hybridized carbons (Fsp3) is 0.822. The Hall–Kier alpha value is -0.630. The van der Waals surface area contributed by atoms with Gasteiger partial charge >= 0.3 is 41.5 Å². The number of nitrogens with zero attached hydrogens (tertiary/aromatic N) is 1. The molecule has 0 radical (unpaired) electrons. The first-order chi connectivity index (χ1) is 28.8. The van der Waals surface area contributed by atoms with E-state index in [-0.39, 0.29) is 74.5 Å². The van der Waals surface area contributed by atoms with Crippen LogP contribution < -0.4 is 39.8 Å². The normalized spacial score (nSPS) is 12.7. The van der Waals surface area contributed by atoms with Crippen LogP contribution in [0.15, 0.2) is 29.4 Å². The first-order valence-corrected chi connectivity index (χ1v) is 27.0. The van der Waals surface area contributed by atoms with E-state index in [1.165, 1.54) is 137 Å². The van der Waals surface area contributed by atoms with Crippen molar-refractivity contribution < 1.29 is 71.9 Å². The Bertz CT molecular complexity index is 1210. The molecule has 0 aliphatic rings. The van der Waals surface area contributed by atoms with Gasteiger partial charge in [0.1, 0.15) is 11.6 Å². The summed E-state index contributed by atoms with van der Waals surface area (Å²) in [5.74, 6) is -0.590. The minimum atomic E-state index is -4.80. The summed E-state index contributed by atoms with van der Waals surface area (Å²) in [7, 11) is -1.82. The number of rotatable bonds is 43. The first kappa shape index (κ1) is 59.4. The summed E-state index contributed by atoms with van der Waals surface area (Å²) in [4.78, 5) is 54.2. The molecule has 0 aromatic carbocycles. The smallest absolute Gasteiger partial charge is 0.756 e. The second-order valence-corrected chi connectivity index (χ2v) is 19.4. The monoisotopic (exact) mass is 910 g/mol. The number of unbranched alkanes of at least 4 members (excludes halogenated alkanes) is 24. The van der Waals surface area contributed by atoms with Crippen LogP contribution in [-0.4, -0.2) is 61.1 Å². The van der Waals surface area contributed by atoms with Gasteiger partial charge in [-0.05, 0) is 35.8 Å². The van der Waals surface area contributed by atoms with Crippen LogP contribution in [0, 0.1) is 0 Å². The number of aromatic nitrogens is 1. The average molecular weight is 911 g/mol. The molecule has 2 atom stereocenters. The van der Waals surface area contributed by atoms with E-state index in [0.29, 0.717) is 18.6 Å². The van der Waals surface area contributed by atoms with Gasteiger partial charge in [0.25, 0.3) is 7.82 Å². The number of ether oxygens (including phenoxy) is 2. The van der Waals surface area contributed by atoms with Crippen molar-refractivity contribution >= 4 is 47.3 Å². The zero-order valence-corrected chi connectivity index (χ0v) is 42.3. The van der Waals surface area contributed by atoms with Gasteiger partial charge in [-0.25, -0.2) is 4.98 Å². The Balaban J connectivity index is 0.0000348. The maximum atomic E-state index is 12.7. The van der Waals surface area contributed by atoms with Gasteiger partial charge < -0.3 is 28.7 Å². The molecule has 1 unspecified atom stereocenters. The minimum Gasteiger partial charge on any atom is -0.756 e. The molecule has 1 aromatic heterocycles. The van der Waals surface area contributed by atoms with Gasteiger partial charge in [0.05, 0.1) is 13.2 Å². The maximum absolute atomic E-state index is 12.7. The van der Waals surface area contributed by atoms with Crippen molar-refractivity contribution in [1.82, 2.24) is 10.3 Å². The number of pyridine rings is 1. The van der Waals surface area contributed by atoms with Crippen LogP contribution >= 0.6 is 29.4 Å². The third-order valence-electron chi connectivity index (χ3n) is 9.98. The zero-order chi connectivity index (χ0) is 42.9. The molecular formula is C45H80N2NaO9PS2. The molecular weight excluding hydrogens is 831 g/mol. The molecule has 60 heavy (non-hydrogen) atoms. The average Bonchev–Trinajstić information content (AvgIpc) is 3.23. The molecule has 1 N–H and O–H groups in total. The molecule has 0 saturated heterocycles. The number of phosphoric ester groups is 1. The summed E-state index contributed by atoms with van der Waals surface area (Å²) >= 11 is 0. The van der Waals surface area contributed by atoms with Crippen molar-refractivity contribution in [3.63, 3.8) is 0 Å². The molecule has 0 aliphatic heterocycles. The summed E-state index contributed by atoms with van der Waals surface area (Å²) in [5.41, 5.74) is 0. The summed E-state index contributed by atoms with van der Waals surface area (Å²) < 4.78 is 33.4. The van der Waals surface area contributed by atoms with Crippen LogP contribution in [0.25, 0.3) is 0 Å². The van der Waals surface area contributed by atoms with Crippen molar-refractivity contribution in [3.8, 4) is 0 Å². The van der Waals surface area contributed by atoms with Crippen molar-refractivity contribution in [3.05, 3.63) is 24.4 Å². The van der Waals surface area contributed by atoms with Crippen LogP contribution in [-0.2, 0) is 37.5 Å². The second-order valence-electron chi connectivity index (χ2n) is 15.5. The van der Waals surface area contributed by atoms with Crippen LogP contribution in [0.4, 0.5) is 0 Å². The van der Waals surface area contributed by atoms with E-state index in [4.69, 9.17) is 18.5 Å². The van der Waals surface area contributed by atoms with E-state index in [1.807, 2.05) is 18.2 Å². The molecule has 15 heteroatoms. The fourth-order valence-electron chi connectivity index (χ4n) is 6.47. The van der Waals surface area contributed by atoms with Crippen molar-refractivity contribution in [2.45, 2.75) is 211 Å². The van der Waals surface area contributed by atoms with Gasteiger partial charge in [0.2, 0.25) is 5.91 Å². The molecule has 11 nitrogen and oxygen atoms in total.